The zero-order chi connectivity index (χ0) is 20.8. The molecule has 2 atom stereocenters. The first-order chi connectivity index (χ1) is 14.0. The molecule has 1 aromatic carbocycles. The van der Waals surface area contributed by atoms with Gasteiger partial charge in [0.25, 0.3) is 11.8 Å². The first-order valence-corrected chi connectivity index (χ1v) is 10.7. The molecular formula is C20H24N2O6S. The average Bonchev–Trinajstić information content (AvgIpc) is 3.25. The summed E-state index contributed by atoms with van der Waals surface area (Å²) in [7, 11) is 1.29. The lowest BCUT2D eigenvalue weighted by molar-refractivity contribution is -0.148. The van der Waals surface area contributed by atoms with Crippen molar-refractivity contribution >= 4 is 35.6 Å². The summed E-state index contributed by atoms with van der Waals surface area (Å²) in [6, 6.07) is 6.57. The topological polar surface area (TPSA) is 102 Å². The number of methoxy groups -OCH3 is 1. The van der Waals surface area contributed by atoms with E-state index in [1.165, 1.54) is 12.0 Å². The Morgan fingerprint density at radius 3 is 2.45 bits per heavy atom. The summed E-state index contributed by atoms with van der Waals surface area (Å²) in [5.41, 5.74) is 0.899. The second-order valence-electron chi connectivity index (χ2n) is 6.93. The Hall–Kier alpha value is -2.55. The van der Waals surface area contributed by atoms with Gasteiger partial charge in [-0.05, 0) is 25.0 Å². The fraction of sp³-hybridized carbons (Fsp3) is 0.500. The van der Waals surface area contributed by atoms with Crippen LogP contribution < -0.4 is 5.32 Å². The van der Waals surface area contributed by atoms with Crippen LogP contribution in [0.3, 0.4) is 0 Å². The molecule has 2 heterocycles. The van der Waals surface area contributed by atoms with E-state index >= 15 is 0 Å². The minimum absolute atomic E-state index is 0.245. The minimum Gasteiger partial charge on any atom is -0.459 e. The number of fused-ring (bicyclic) bond motifs is 1. The molecule has 156 valence electrons. The Morgan fingerprint density at radius 1 is 1.10 bits per heavy atom. The molecule has 1 aromatic rings. The van der Waals surface area contributed by atoms with Crippen molar-refractivity contribution in [1.29, 1.82) is 0 Å². The third kappa shape index (κ3) is 5.09. The van der Waals surface area contributed by atoms with Gasteiger partial charge in [-0.3, -0.25) is 19.3 Å². The average molecular weight is 420 g/mol. The van der Waals surface area contributed by atoms with Gasteiger partial charge in [0, 0.05) is 24.5 Å². The zero-order valence-corrected chi connectivity index (χ0v) is 17.0. The van der Waals surface area contributed by atoms with Gasteiger partial charge in [-0.25, -0.2) is 4.79 Å². The lowest BCUT2D eigenvalue weighted by Gasteiger charge is -2.20. The molecule has 0 bridgehead atoms. The van der Waals surface area contributed by atoms with Crippen molar-refractivity contribution in [2.45, 2.75) is 37.8 Å². The van der Waals surface area contributed by atoms with Crippen LogP contribution in [0.15, 0.2) is 24.3 Å². The molecule has 3 amide bonds. The van der Waals surface area contributed by atoms with Crippen LogP contribution in [0.1, 0.15) is 46.4 Å². The first-order valence-electron chi connectivity index (χ1n) is 9.58. The number of amides is 3. The number of ether oxygens (including phenoxy) is 2. The number of thioether (sulfide) groups is 1. The number of imide groups is 1. The highest BCUT2D eigenvalue weighted by molar-refractivity contribution is 7.99. The second kappa shape index (κ2) is 9.78. The molecule has 1 saturated heterocycles. The van der Waals surface area contributed by atoms with E-state index < -0.39 is 6.09 Å². The summed E-state index contributed by atoms with van der Waals surface area (Å²) in [5, 5.41) is 2.68. The summed E-state index contributed by atoms with van der Waals surface area (Å²) in [6.45, 7) is 0.339. The first kappa shape index (κ1) is 21.2. The number of rotatable bonds is 8. The Morgan fingerprint density at radius 2 is 1.79 bits per heavy atom. The summed E-state index contributed by atoms with van der Waals surface area (Å²) in [6.07, 6.45) is 1.30. The SMILES string of the molecule is COC(=O)NC1CSCC1OC(=O)CCCCCN1C(=O)c2ccccc2C1=O. The number of carbonyl (C=O) groups is 4. The van der Waals surface area contributed by atoms with E-state index in [0.29, 0.717) is 48.4 Å². The van der Waals surface area contributed by atoms with Crippen LogP contribution in [0.5, 0.6) is 0 Å². The zero-order valence-electron chi connectivity index (χ0n) is 16.2. The molecule has 0 aromatic heterocycles. The number of carbonyl (C=O) groups excluding carboxylic acids is 4. The molecule has 0 spiro atoms. The maximum Gasteiger partial charge on any atom is 0.407 e. The second-order valence-corrected chi connectivity index (χ2v) is 8.00. The number of unbranched alkanes of at least 4 members (excludes halogenated alkanes) is 2. The molecule has 0 radical (unpaired) electrons. The highest BCUT2D eigenvalue weighted by atomic mass is 32.2. The molecule has 2 aliphatic heterocycles. The van der Waals surface area contributed by atoms with Gasteiger partial charge in [0.1, 0.15) is 6.10 Å². The predicted molar refractivity (Wildman–Crippen MR) is 107 cm³/mol. The van der Waals surface area contributed by atoms with Crippen LogP contribution >= 0.6 is 11.8 Å². The van der Waals surface area contributed by atoms with E-state index in [9.17, 15) is 19.2 Å². The van der Waals surface area contributed by atoms with E-state index in [2.05, 4.69) is 10.1 Å². The van der Waals surface area contributed by atoms with Gasteiger partial charge in [-0.1, -0.05) is 18.6 Å². The predicted octanol–water partition coefficient (Wildman–Crippen LogP) is 2.23. The molecule has 1 fully saturated rings. The molecular weight excluding hydrogens is 396 g/mol. The molecule has 2 aliphatic rings. The maximum absolute atomic E-state index is 12.3. The smallest absolute Gasteiger partial charge is 0.407 e. The van der Waals surface area contributed by atoms with Crippen molar-refractivity contribution in [1.82, 2.24) is 10.2 Å². The third-order valence-corrected chi connectivity index (χ3v) is 6.10. The van der Waals surface area contributed by atoms with Crippen molar-refractivity contribution in [3.63, 3.8) is 0 Å². The van der Waals surface area contributed by atoms with Gasteiger partial charge >= 0.3 is 12.1 Å². The number of nitrogens with one attached hydrogen (secondary N) is 1. The van der Waals surface area contributed by atoms with Gasteiger partial charge in [0.05, 0.1) is 24.3 Å². The van der Waals surface area contributed by atoms with Gasteiger partial charge in [-0.2, -0.15) is 11.8 Å². The fourth-order valence-electron chi connectivity index (χ4n) is 3.38. The van der Waals surface area contributed by atoms with Crippen LogP contribution in [0.4, 0.5) is 4.79 Å². The molecule has 2 unspecified atom stereocenters. The maximum atomic E-state index is 12.3. The van der Waals surface area contributed by atoms with E-state index in [1.807, 2.05) is 0 Å². The molecule has 0 aliphatic carbocycles. The standard InChI is InChI=1S/C20H24N2O6S/c1-27-20(26)21-15-11-29-12-16(15)28-17(23)9-3-2-6-10-22-18(24)13-7-4-5-8-14(13)19(22)25/h4-5,7-8,15-16H,2-3,6,9-12H2,1H3,(H,21,26). The quantitative estimate of drug-likeness (QED) is 0.391. The summed E-state index contributed by atoms with van der Waals surface area (Å²) in [5.74, 6) is 0.490. The van der Waals surface area contributed by atoms with E-state index in [1.54, 1.807) is 36.0 Å². The van der Waals surface area contributed by atoms with Crippen LogP contribution in [-0.4, -0.2) is 66.1 Å². The van der Waals surface area contributed by atoms with Gasteiger partial charge in [-0.15, -0.1) is 0 Å². The van der Waals surface area contributed by atoms with E-state index in [4.69, 9.17) is 4.74 Å². The third-order valence-electron chi connectivity index (χ3n) is 4.94. The number of nitrogens with zero attached hydrogens (tertiary/aromatic N) is 1. The monoisotopic (exact) mass is 420 g/mol. The number of benzene rings is 1. The molecule has 3 rings (SSSR count). The summed E-state index contributed by atoms with van der Waals surface area (Å²) >= 11 is 1.61. The fourth-order valence-corrected chi connectivity index (χ4v) is 4.60. The minimum atomic E-state index is -0.535. The normalized spacial score (nSPS) is 20.5. The molecule has 0 saturated carbocycles. The van der Waals surface area contributed by atoms with Crippen LogP contribution in [0.2, 0.25) is 0 Å². The van der Waals surface area contributed by atoms with E-state index in [-0.39, 0.29) is 36.4 Å². The van der Waals surface area contributed by atoms with Crippen molar-refractivity contribution in [3.8, 4) is 0 Å². The van der Waals surface area contributed by atoms with Crippen molar-refractivity contribution in [3.05, 3.63) is 35.4 Å². The van der Waals surface area contributed by atoms with Gasteiger partial charge in [0.2, 0.25) is 0 Å². The summed E-state index contributed by atoms with van der Waals surface area (Å²) < 4.78 is 10.1. The highest BCUT2D eigenvalue weighted by Gasteiger charge is 2.34. The number of alkyl carbamates (subject to hydrolysis) is 1. The Kier molecular flexibility index (Phi) is 7.13. The largest absolute Gasteiger partial charge is 0.459 e. The van der Waals surface area contributed by atoms with E-state index in [0.717, 1.165) is 0 Å². The van der Waals surface area contributed by atoms with Crippen LogP contribution in [0.25, 0.3) is 0 Å². The summed E-state index contributed by atoms with van der Waals surface area (Å²) in [4.78, 5) is 49.3. The Labute approximate surface area is 173 Å². The lowest BCUT2D eigenvalue weighted by Crippen LogP contribution is -2.44. The van der Waals surface area contributed by atoms with Crippen LogP contribution in [0, 0.1) is 0 Å². The lowest BCUT2D eigenvalue weighted by atomic mass is 10.1. The van der Waals surface area contributed by atoms with Gasteiger partial charge in [0.15, 0.2) is 0 Å². The van der Waals surface area contributed by atoms with Gasteiger partial charge < -0.3 is 14.8 Å². The van der Waals surface area contributed by atoms with Crippen molar-refractivity contribution in [2.24, 2.45) is 0 Å². The number of hydrogen-bond donors (Lipinski definition) is 1. The Balaban J connectivity index is 1.35. The number of hydrogen-bond acceptors (Lipinski definition) is 7. The van der Waals surface area contributed by atoms with Crippen molar-refractivity contribution in [2.75, 3.05) is 25.2 Å². The molecule has 9 heteroatoms. The molecule has 1 N–H and O–H groups in total. The Bertz CT molecular complexity index is 764. The molecule has 8 nitrogen and oxygen atoms in total. The molecule has 29 heavy (non-hydrogen) atoms. The van der Waals surface area contributed by atoms with Crippen molar-refractivity contribution < 1.29 is 28.7 Å². The highest BCUT2D eigenvalue weighted by Crippen LogP contribution is 2.24. The van der Waals surface area contributed by atoms with Crippen LogP contribution in [-0.2, 0) is 14.3 Å². The number of esters is 1.